The molecule has 0 spiro atoms. The molecule has 14 heavy (non-hydrogen) atoms. The van der Waals surface area contributed by atoms with Crippen molar-refractivity contribution in [2.24, 2.45) is 5.84 Å². The molecule has 0 saturated carbocycles. The Morgan fingerprint density at radius 3 is 3.14 bits per heavy atom. The quantitative estimate of drug-likeness (QED) is 0.591. The fraction of sp³-hybridized carbons (Fsp3) is 0.222. The van der Waals surface area contributed by atoms with Crippen molar-refractivity contribution in [2.75, 3.05) is 0 Å². The number of nitrogens with zero attached hydrogens (tertiary/aromatic N) is 1. The SMILES string of the molecule is NNC(Cc1cncs1)c1ccoc1. The molecule has 0 fully saturated rings. The van der Waals surface area contributed by atoms with Crippen molar-refractivity contribution in [2.45, 2.75) is 12.5 Å². The van der Waals surface area contributed by atoms with Crippen LogP contribution in [0.25, 0.3) is 0 Å². The summed E-state index contributed by atoms with van der Waals surface area (Å²) in [5, 5.41) is 0. The van der Waals surface area contributed by atoms with Crippen molar-refractivity contribution >= 4 is 11.3 Å². The normalized spacial score (nSPS) is 12.9. The van der Waals surface area contributed by atoms with Gasteiger partial charge < -0.3 is 4.42 Å². The summed E-state index contributed by atoms with van der Waals surface area (Å²) in [7, 11) is 0. The zero-order chi connectivity index (χ0) is 9.80. The average molecular weight is 209 g/mol. The molecule has 74 valence electrons. The highest BCUT2D eigenvalue weighted by molar-refractivity contribution is 7.09. The fourth-order valence-electron chi connectivity index (χ4n) is 1.29. The number of nitrogens with one attached hydrogen (secondary N) is 1. The van der Waals surface area contributed by atoms with Crippen LogP contribution in [0.1, 0.15) is 16.5 Å². The first-order chi connectivity index (χ1) is 6.90. The van der Waals surface area contributed by atoms with E-state index in [1.165, 1.54) is 4.88 Å². The number of nitrogens with two attached hydrogens (primary N) is 1. The van der Waals surface area contributed by atoms with Gasteiger partial charge in [-0.1, -0.05) is 0 Å². The van der Waals surface area contributed by atoms with Gasteiger partial charge in [-0.05, 0) is 6.07 Å². The van der Waals surface area contributed by atoms with E-state index in [4.69, 9.17) is 10.3 Å². The summed E-state index contributed by atoms with van der Waals surface area (Å²) in [6.07, 6.45) is 6.04. The standard InChI is InChI=1S/C9H11N3OS/c10-12-9(7-1-2-13-5-7)3-8-4-11-6-14-8/h1-2,4-6,9,12H,3,10H2. The lowest BCUT2D eigenvalue weighted by Gasteiger charge is -2.11. The van der Waals surface area contributed by atoms with Crippen LogP contribution in [0, 0.1) is 0 Å². The van der Waals surface area contributed by atoms with Gasteiger partial charge in [-0.25, -0.2) is 0 Å². The van der Waals surface area contributed by atoms with Crippen LogP contribution < -0.4 is 11.3 Å². The number of hydrogen-bond acceptors (Lipinski definition) is 5. The molecule has 0 amide bonds. The van der Waals surface area contributed by atoms with Crippen LogP contribution in [-0.2, 0) is 6.42 Å². The Balaban J connectivity index is 2.08. The monoisotopic (exact) mass is 209 g/mol. The molecule has 0 aromatic carbocycles. The molecule has 0 aliphatic heterocycles. The van der Waals surface area contributed by atoms with Crippen molar-refractivity contribution in [3.8, 4) is 0 Å². The molecule has 2 aromatic rings. The molecule has 2 rings (SSSR count). The van der Waals surface area contributed by atoms with Gasteiger partial charge in [-0.3, -0.25) is 16.3 Å². The van der Waals surface area contributed by atoms with Gasteiger partial charge >= 0.3 is 0 Å². The molecule has 1 unspecified atom stereocenters. The number of furan rings is 1. The summed E-state index contributed by atoms with van der Waals surface area (Å²) < 4.78 is 5.01. The second-order valence-corrected chi connectivity index (χ2v) is 3.92. The van der Waals surface area contributed by atoms with Gasteiger partial charge in [0.2, 0.25) is 0 Å². The van der Waals surface area contributed by atoms with Crippen LogP contribution in [0.3, 0.4) is 0 Å². The molecule has 0 bridgehead atoms. The predicted molar refractivity (Wildman–Crippen MR) is 54.6 cm³/mol. The van der Waals surface area contributed by atoms with E-state index < -0.39 is 0 Å². The van der Waals surface area contributed by atoms with E-state index in [0.29, 0.717) is 0 Å². The molecule has 4 nitrogen and oxygen atoms in total. The third-order valence-corrected chi connectivity index (χ3v) is 2.84. The van der Waals surface area contributed by atoms with Crippen LogP contribution >= 0.6 is 11.3 Å². The second kappa shape index (κ2) is 4.36. The van der Waals surface area contributed by atoms with E-state index in [1.807, 2.05) is 17.8 Å². The lowest BCUT2D eigenvalue weighted by Crippen LogP contribution is -2.29. The van der Waals surface area contributed by atoms with E-state index in [1.54, 1.807) is 23.9 Å². The minimum absolute atomic E-state index is 0.0919. The lowest BCUT2D eigenvalue weighted by atomic mass is 10.1. The maximum absolute atomic E-state index is 5.47. The van der Waals surface area contributed by atoms with Gasteiger partial charge in [0.1, 0.15) is 0 Å². The minimum Gasteiger partial charge on any atom is -0.472 e. The largest absolute Gasteiger partial charge is 0.472 e. The summed E-state index contributed by atoms with van der Waals surface area (Å²) >= 11 is 1.63. The van der Waals surface area contributed by atoms with Gasteiger partial charge in [0.05, 0.1) is 24.1 Å². The first-order valence-corrected chi connectivity index (χ1v) is 5.13. The molecule has 1 atom stereocenters. The highest BCUT2D eigenvalue weighted by Gasteiger charge is 2.12. The van der Waals surface area contributed by atoms with Gasteiger partial charge in [0.15, 0.2) is 0 Å². The zero-order valence-electron chi connectivity index (χ0n) is 7.51. The van der Waals surface area contributed by atoms with E-state index in [9.17, 15) is 0 Å². The summed E-state index contributed by atoms with van der Waals surface area (Å²) in [5.41, 5.74) is 5.64. The van der Waals surface area contributed by atoms with Crippen LogP contribution in [0.4, 0.5) is 0 Å². The average Bonchev–Trinajstić information content (AvgIpc) is 2.86. The number of hydrogen-bond donors (Lipinski definition) is 2. The topological polar surface area (TPSA) is 64.1 Å². The Labute approximate surface area is 85.7 Å². The number of aromatic nitrogens is 1. The summed E-state index contributed by atoms with van der Waals surface area (Å²) in [6.45, 7) is 0. The molecule has 0 radical (unpaired) electrons. The maximum Gasteiger partial charge on any atom is 0.0951 e. The molecule has 3 N–H and O–H groups in total. The van der Waals surface area contributed by atoms with Crippen molar-refractivity contribution in [1.29, 1.82) is 0 Å². The van der Waals surface area contributed by atoms with E-state index in [0.717, 1.165) is 12.0 Å². The van der Waals surface area contributed by atoms with Crippen LogP contribution in [0.2, 0.25) is 0 Å². The van der Waals surface area contributed by atoms with Gasteiger partial charge in [0, 0.05) is 23.1 Å². The Morgan fingerprint density at radius 1 is 1.64 bits per heavy atom. The highest BCUT2D eigenvalue weighted by Crippen LogP contribution is 2.19. The summed E-state index contributed by atoms with van der Waals surface area (Å²) in [6, 6.07) is 2.00. The van der Waals surface area contributed by atoms with Crippen LogP contribution in [0.5, 0.6) is 0 Å². The van der Waals surface area contributed by atoms with Crippen molar-refractivity contribution < 1.29 is 4.42 Å². The smallest absolute Gasteiger partial charge is 0.0951 e. The highest BCUT2D eigenvalue weighted by atomic mass is 32.1. The Kier molecular flexibility index (Phi) is 2.93. The molecule has 2 aromatic heterocycles. The number of hydrazine groups is 1. The molecular weight excluding hydrogens is 198 g/mol. The van der Waals surface area contributed by atoms with Crippen LogP contribution in [0.15, 0.2) is 34.7 Å². The first kappa shape index (κ1) is 9.39. The molecular formula is C9H11N3OS. The minimum atomic E-state index is 0.0919. The van der Waals surface area contributed by atoms with Crippen molar-refractivity contribution in [1.82, 2.24) is 10.4 Å². The molecule has 5 heteroatoms. The van der Waals surface area contributed by atoms with E-state index in [2.05, 4.69) is 10.4 Å². The van der Waals surface area contributed by atoms with E-state index >= 15 is 0 Å². The van der Waals surface area contributed by atoms with Crippen molar-refractivity contribution in [3.63, 3.8) is 0 Å². The van der Waals surface area contributed by atoms with Gasteiger partial charge in [-0.15, -0.1) is 11.3 Å². The molecule has 2 heterocycles. The van der Waals surface area contributed by atoms with Gasteiger partial charge in [0.25, 0.3) is 0 Å². The maximum atomic E-state index is 5.47. The number of thiazole rings is 1. The lowest BCUT2D eigenvalue weighted by molar-refractivity contribution is 0.527. The third kappa shape index (κ3) is 2.01. The third-order valence-electron chi connectivity index (χ3n) is 2.04. The summed E-state index contributed by atoms with van der Waals surface area (Å²) in [4.78, 5) is 5.22. The zero-order valence-corrected chi connectivity index (χ0v) is 8.33. The summed E-state index contributed by atoms with van der Waals surface area (Å²) in [5.74, 6) is 5.47. The van der Waals surface area contributed by atoms with E-state index in [-0.39, 0.29) is 6.04 Å². The molecule has 0 aliphatic carbocycles. The second-order valence-electron chi connectivity index (χ2n) is 2.95. The fourth-order valence-corrected chi connectivity index (χ4v) is 1.93. The Morgan fingerprint density at radius 2 is 2.57 bits per heavy atom. The van der Waals surface area contributed by atoms with Crippen molar-refractivity contribution in [3.05, 3.63) is 40.7 Å². The number of rotatable bonds is 4. The van der Waals surface area contributed by atoms with Crippen LogP contribution in [-0.4, -0.2) is 4.98 Å². The molecule has 0 aliphatic rings. The first-order valence-electron chi connectivity index (χ1n) is 4.25. The Bertz CT molecular complexity index is 357. The molecule has 0 saturated heterocycles. The predicted octanol–water partition coefficient (Wildman–Crippen LogP) is 1.48. The van der Waals surface area contributed by atoms with Gasteiger partial charge in [-0.2, -0.15) is 0 Å². The Hall–Kier alpha value is -1.17.